The maximum atomic E-state index is 13.3. The van der Waals surface area contributed by atoms with Crippen molar-refractivity contribution in [2.75, 3.05) is 13.1 Å². The zero-order valence-corrected chi connectivity index (χ0v) is 18.9. The van der Waals surface area contributed by atoms with E-state index in [4.69, 9.17) is 0 Å². The van der Waals surface area contributed by atoms with Gasteiger partial charge in [0.1, 0.15) is 11.0 Å². The van der Waals surface area contributed by atoms with E-state index >= 15 is 0 Å². The van der Waals surface area contributed by atoms with Crippen LogP contribution in [-0.2, 0) is 10.7 Å². The number of hydrogen-bond donors (Lipinski definition) is 2. The van der Waals surface area contributed by atoms with Gasteiger partial charge in [0.15, 0.2) is 10.7 Å². The number of fused-ring (bicyclic) bond motifs is 3. The summed E-state index contributed by atoms with van der Waals surface area (Å²) in [6.45, 7) is 0.165. The predicted octanol–water partition coefficient (Wildman–Crippen LogP) is 3.99. The van der Waals surface area contributed by atoms with E-state index < -0.39 is 28.2 Å². The molecule has 3 aromatic heterocycles. The van der Waals surface area contributed by atoms with Crippen molar-refractivity contribution in [3.05, 3.63) is 30.4 Å². The number of hydrogen-bond acceptors (Lipinski definition) is 6. The van der Waals surface area contributed by atoms with E-state index in [0.717, 1.165) is 40.3 Å². The number of H-pyrrole nitrogens is 1. The highest BCUT2D eigenvalue weighted by Gasteiger charge is 2.45. The number of piperidine rings is 1. The van der Waals surface area contributed by atoms with Gasteiger partial charge in [-0.15, -0.1) is 0 Å². The Hall–Kier alpha value is -2.27. The molecule has 0 amide bonds. The smallest absolute Gasteiger partial charge is 0.346 e. The lowest BCUT2D eigenvalue weighted by atomic mass is 9.78. The second-order valence-corrected chi connectivity index (χ2v) is 10.3. The van der Waals surface area contributed by atoms with Gasteiger partial charge < -0.3 is 4.98 Å². The van der Waals surface area contributed by atoms with Crippen LogP contribution in [0, 0.1) is 11.8 Å². The quantitative estimate of drug-likeness (QED) is 0.548. The van der Waals surface area contributed by atoms with Crippen molar-refractivity contribution >= 4 is 32.5 Å². The van der Waals surface area contributed by atoms with Gasteiger partial charge in [-0.25, -0.2) is 13.4 Å². The fourth-order valence-corrected chi connectivity index (χ4v) is 6.82. The van der Waals surface area contributed by atoms with Gasteiger partial charge in [0, 0.05) is 41.0 Å². The lowest BCUT2D eigenvalue weighted by molar-refractivity contribution is -0.188. The summed E-state index contributed by atoms with van der Waals surface area (Å²) in [4.78, 5) is 9.08. The highest BCUT2D eigenvalue weighted by atomic mass is 32.2. The number of thiol groups is 1. The van der Waals surface area contributed by atoms with Gasteiger partial charge in [-0.2, -0.15) is 23.4 Å². The van der Waals surface area contributed by atoms with E-state index in [1.165, 1.54) is 0 Å². The summed E-state index contributed by atoms with van der Waals surface area (Å²) >= 11 is 0. The van der Waals surface area contributed by atoms with Crippen LogP contribution in [0.4, 0.5) is 13.2 Å². The molecule has 2 atom stereocenters. The Bertz CT molecular complexity index is 1210. The van der Waals surface area contributed by atoms with Crippen LogP contribution in [0.5, 0.6) is 0 Å². The number of aromatic nitrogens is 4. The first-order chi connectivity index (χ1) is 15.8. The monoisotopic (exact) mass is 481 g/mol. The number of nitrogens with zero attached hydrogens (tertiary/aromatic N) is 4. The van der Waals surface area contributed by atoms with Crippen molar-refractivity contribution in [2.45, 2.75) is 56.0 Å². The Kier molecular flexibility index (Phi) is 6.02. The van der Waals surface area contributed by atoms with Crippen molar-refractivity contribution in [3.8, 4) is 0 Å². The molecule has 0 spiro atoms. The third-order valence-corrected chi connectivity index (χ3v) is 8.50. The first-order valence-corrected chi connectivity index (χ1v) is 12.6. The maximum absolute atomic E-state index is 13.3. The normalized spacial score (nSPS) is 26.2. The molecular weight excluding hydrogens is 455 g/mol. The second-order valence-electron chi connectivity index (χ2n) is 9.24. The average Bonchev–Trinajstić information content (AvgIpc) is 3.28. The van der Waals surface area contributed by atoms with Gasteiger partial charge in [-0.05, 0) is 57.1 Å². The molecule has 2 aliphatic rings. The number of aromatic amines is 1. The molecule has 3 aromatic rings. The van der Waals surface area contributed by atoms with E-state index in [2.05, 4.69) is 20.2 Å². The average molecular weight is 482 g/mol. The minimum absolute atomic E-state index is 0.0668. The van der Waals surface area contributed by atoms with Crippen molar-refractivity contribution < 1.29 is 21.6 Å². The Morgan fingerprint density at radius 2 is 1.91 bits per heavy atom. The van der Waals surface area contributed by atoms with E-state index in [1.807, 2.05) is 12.3 Å². The largest absolute Gasteiger partial charge is 0.393 e. The SMILES string of the molecule is O=[SH](=O)C(C1CCC(c2nncc3cnc4[nH]ccc4c23)CC1)N1CCCC(C(F)(F)F)C1. The molecule has 0 bridgehead atoms. The molecule has 11 heteroatoms. The standard InChI is InChI=1S/C22H26F3N5O2S/c23-22(24,25)16-2-1-9-30(12-16)21(33(31)32)14-5-3-13(4-6-14)19-18-15(11-28-29-19)10-27-20-17(18)7-8-26-20/h7-8,10-11,13-14,16,21,33H,1-6,9,12H2,(H,26,27). The molecule has 1 N–H and O–H groups in total. The first-order valence-electron chi connectivity index (χ1n) is 11.3. The Morgan fingerprint density at radius 3 is 2.64 bits per heavy atom. The fourth-order valence-electron chi connectivity index (χ4n) is 5.70. The van der Waals surface area contributed by atoms with Gasteiger partial charge in [-0.1, -0.05) is 0 Å². The molecule has 4 heterocycles. The fraction of sp³-hybridized carbons (Fsp3) is 0.591. The molecule has 2 unspecified atom stereocenters. The van der Waals surface area contributed by atoms with Crippen LogP contribution in [0.25, 0.3) is 21.8 Å². The molecule has 0 aromatic carbocycles. The lowest BCUT2D eigenvalue weighted by Crippen LogP contribution is -2.50. The summed E-state index contributed by atoms with van der Waals surface area (Å²) < 4.78 is 64.2. The molecule has 178 valence electrons. The maximum Gasteiger partial charge on any atom is 0.393 e. The van der Waals surface area contributed by atoms with Crippen molar-refractivity contribution in [2.24, 2.45) is 11.8 Å². The van der Waals surface area contributed by atoms with Crippen molar-refractivity contribution in [3.63, 3.8) is 0 Å². The zero-order chi connectivity index (χ0) is 23.2. The Balaban J connectivity index is 1.36. The molecule has 33 heavy (non-hydrogen) atoms. The van der Waals surface area contributed by atoms with Crippen LogP contribution < -0.4 is 0 Å². The zero-order valence-electron chi connectivity index (χ0n) is 18.0. The van der Waals surface area contributed by atoms with E-state index in [9.17, 15) is 21.6 Å². The number of halogens is 3. The third kappa shape index (κ3) is 4.32. The summed E-state index contributed by atoms with van der Waals surface area (Å²) in [5.74, 6) is -1.51. The minimum atomic E-state index is -4.29. The van der Waals surface area contributed by atoms with Gasteiger partial charge >= 0.3 is 6.18 Å². The highest BCUT2D eigenvalue weighted by Crippen LogP contribution is 2.42. The molecule has 1 saturated carbocycles. The molecule has 5 rings (SSSR count). The summed E-state index contributed by atoms with van der Waals surface area (Å²) in [6.07, 6.45) is 4.14. The van der Waals surface area contributed by atoms with Gasteiger partial charge in [0.25, 0.3) is 0 Å². The number of alkyl halides is 3. The number of rotatable bonds is 4. The highest BCUT2D eigenvalue weighted by molar-refractivity contribution is 7.73. The second kappa shape index (κ2) is 8.83. The van der Waals surface area contributed by atoms with Crippen LogP contribution >= 0.6 is 0 Å². The number of nitrogens with one attached hydrogen (secondary N) is 1. The number of likely N-dealkylation sites (tertiary alicyclic amines) is 1. The number of pyridine rings is 1. The summed E-state index contributed by atoms with van der Waals surface area (Å²) in [5, 5.41) is 10.6. The van der Waals surface area contributed by atoms with E-state index in [0.29, 0.717) is 25.8 Å². The summed E-state index contributed by atoms with van der Waals surface area (Å²) in [6, 6.07) is 1.97. The van der Waals surface area contributed by atoms with Crippen molar-refractivity contribution in [1.82, 2.24) is 25.1 Å². The van der Waals surface area contributed by atoms with Crippen LogP contribution in [0.1, 0.15) is 50.1 Å². The van der Waals surface area contributed by atoms with Crippen LogP contribution in [0.15, 0.2) is 24.7 Å². The van der Waals surface area contributed by atoms with Crippen LogP contribution in [-0.4, -0.2) is 58.1 Å². The molecule has 7 nitrogen and oxygen atoms in total. The molecular formula is C22H26F3N5O2S. The molecule has 1 saturated heterocycles. The predicted molar refractivity (Wildman–Crippen MR) is 118 cm³/mol. The van der Waals surface area contributed by atoms with Gasteiger partial charge in [-0.3, -0.25) is 4.90 Å². The van der Waals surface area contributed by atoms with Crippen LogP contribution in [0.3, 0.4) is 0 Å². The van der Waals surface area contributed by atoms with Gasteiger partial charge in [0.2, 0.25) is 0 Å². The topological polar surface area (TPSA) is 91.8 Å². The molecule has 1 aliphatic carbocycles. The van der Waals surface area contributed by atoms with Crippen LogP contribution in [0.2, 0.25) is 0 Å². The van der Waals surface area contributed by atoms with Crippen molar-refractivity contribution in [1.29, 1.82) is 0 Å². The summed E-state index contributed by atoms with van der Waals surface area (Å²) in [5.41, 5.74) is 1.66. The van der Waals surface area contributed by atoms with Gasteiger partial charge in [0.05, 0.1) is 17.8 Å². The van der Waals surface area contributed by atoms with E-state index in [1.54, 1.807) is 17.3 Å². The summed E-state index contributed by atoms with van der Waals surface area (Å²) in [7, 11) is -2.86. The Morgan fingerprint density at radius 1 is 1.12 bits per heavy atom. The van der Waals surface area contributed by atoms with E-state index in [-0.39, 0.29) is 24.8 Å². The lowest BCUT2D eigenvalue weighted by Gasteiger charge is -2.41. The molecule has 0 radical (unpaired) electrons. The molecule has 1 aliphatic heterocycles. The first kappa shape index (κ1) is 22.5. The Labute approximate surface area is 190 Å². The minimum Gasteiger partial charge on any atom is -0.346 e. The third-order valence-electron chi connectivity index (χ3n) is 7.32. The molecule has 2 fully saturated rings.